The van der Waals surface area contributed by atoms with Gasteiger partial charge >= 0.3 is 5.97 Å². The minimum atomic E-state index is -1.07. The number of carboxylic acids is 1. The summed E-state index contributed by atoms with van der Waals surface area (Å²) >= 11 is 0. The normalized spacial score (nSPS) is 12.3. The van der Waals surface area contributed by atoms with Gasteiger partial charge in [-0.3, -0.25) is 9.59 Å². The molecule has 1 unspecified atom stereocenters. The maximum atomic E-state index is 12.0. The smallest absolute Gasteiger partial charge is 0.325 e. The number of nitrogens with one attached hydrogen (secondary N) is 1. The van der Waals surface area contributed by atoms with Gasteiger partial charge in [0.05, 0.1) is 5.56 Å². The van der Waals surface area contributed by atoms with Gasteiger partial charge in [-0.15, -0.1) is 0 Å². The highest BCUT2D eigenvalue weighted by Gasteiger charge is 2.19. The second-order valence-electron chi connectivity index (χ2n) is 4.37. The zero-order valence-electron chi connectivity index (χ0n) is 10.8. The summed E-state index contributed by atoms with van der Waals surface area (Å²) in [6, 6.07) is 4.70. The average Bonchev–Trinajstić information content (AvgIpc) is 2.81. The van der Waals surface area contributed by atoms with Crippen LogP contribution in [-0.4, -0.2) is 23.0 Å². The van der Waals surface area contributed by atoms with Crippen LogP contribution < -0.4 is 5.32 Å². The Kier molecular flexibility index (Phi) is 3.55. The molecule has 0 aliphatic rings. The van der Waals surface area contributed by atoms with E-state index in [1.165, 1.54) is 13.2 Å². The van der Waals surface area contributed by atoms with Crippen LogP contribution in [0.3, 0.4) is 0 Å². The van der Waals surface area contributed by atoms with Crippen LogP contribution >= 0.6 is 0 Å². The minimum Gasteiger partial charge on any atom is -0.480 e. The number of benzene rings is 1. The number of aryl methyl sites for hydroxylation is 1. The van der Waals surface area contributed by atoms with Gasteiger partial charge in [0.15, 0.2) is 0 Å². The van der Waals surface area contributed by atoms with Gasteiger partial charge in [-0.05, 0) is 31.0 Å². The Balaban J connectivity index is 2.34. The third-order valence-corrected chi connectivity index (χ3v) is 3.01. The number of hydrogen-bond donors (Lipinski definition) is 2. The van der Waals surface area contributed by atoms with Crippen LogP contribution in [0.2, 0.25) is 0 Å². The van der Waals surface area contributed by atoms with Crippen molar-refractivity contribution in [2.24, 2.45) is 0 Å². The molecule has 0 spiro atoms. The van der Waals surface area contributed by atoms with Crippen molar-refractivity contribution in [1.29, 1.82) is 0 Å². The third kappa shape index (κ3) is 2.59. The van der Waals surface area contributed by atoms with Gasteiger partial charge in [0.1, 0.15) is 17.9 Å². The molecule has 100 valence electrons. The molecule has 0 radical (unpaired) electrons. The molecular formula is C14H15NO4. The number of carbonyl (C=O) groups excluding carboxylic acids is 1. The highest BCUT2D eigenvalue weighted by molar-refractivity contribution is 6.07. The molecule has 0 saturated carbocycles. The predicted molar refractivity (Wildman–Crippen MR) is 70.2 cm³/mol. The number of hydrogen-bond acceptors (Lipinski definition) is 3. The molecular weight excluding hydrogens is 246 g/mol. The van der Waals surface area contributed by atoms with Crippen molar-refractivity contribution in [3.05, 3.63) is 35.6 Å². The third-order valence-electron chi connectivity index (χ3n) is 3.01. The van der Waals surface area contributed by atoms with Crippen molar-refractivity contribution in [2.75, 3.05) is 0 Å². The van der Waals surface area contributed by atoms with Crippen molar-refractivity contribution in [3.8, 4) is 0 Å². The van der Waals surface area contributed by atoms with Gasteiger partial charge in [-0.25, -0.2) is 0 Å². The molecule has 2 rings (SSSR count). The van der Waals surface area contributed by atoms with Crippen molar-refractivity contribution < 1.29 is 19.1 Å². The Morgan fingerprint density at radius 3 is 2.79 bits per heavy atom. The summed E-state index contributed by atoms with van der Waals surface area (Å²) in [7, 11) is 0. The van der Waals surface area contributed by atoms with Crippen molar-refractivity contribution in [1.82, 2.24) is 5.32 Å². The summed E-state index contributed by atoms with van der Waals surface area (Å²) in [4.78, 5) is 22.7. The number of amides is 1. The second kappa shape index (κ2) is 5.14. The zero-order chi connectivity index (χ0) is 14.0. The molecule has 0 aliphatic carbocycles. The minimum absolute atomic E-state index is 0.360. The molecule has 5 heteroatoms. The molecule has 1 aromatic heterocycles. The lowest BCUT2D eigenvalue weighted by molar-refractivity contribution is -0.138. The summed E-state index contributed by atoms with van der Waals surface area (Å²) in [6.45, 7) is 3.44. The molecule has 2 N–H and O–H groups in total. The van der Waals surface area contributed by atoms with Gasteiger partial charge in [-0.1, -0.05) is 13.0 Å². The van der Waals surface area contributed by atoms with Gasteiger partial charge in [0.25, 0.3) is 5.91 Å². The van der Waals surface area contributed by atoms with E-state index in [1.54, 1.807) is 0 Å². The Bertz CT molecular complexity index is 629. The quantitative estimate of drug-likeness (QED) is 0.884. The topological polar surface area (TPSA) is 79.5 Å². The molecule has 1 amide bonds. The van der Waals surface area contributed by atoms with Crippen LogP contribution in [0.5, 0.6) is 0 Å². The number of carbonyl (C=O) groups is 2. The van der Waals surface area contributed by atoms with E-state index in [2.05, 4.69) is 5.32 Å². The first kappa shape index (κ1) is 13.1. The van der Waals surface area contributed by atoms with E-state index in [1.807, 2.05) is 25.1 Å². The largest absolute Gasteiger partial charge is 0.480 e. The highest BCUT2D eigenvalue weighted by atomic mass is 16.4. The molecule has 1 atom stereocenters. The van der Waals surface area contributed by atoms with Crippen molar-refractivity contribution >= 4 is 22.8 Å². The first-order valence-electron chi connectivity index (χ1n) is 6.06. The van der Waals surface area contributed by atoms with Crippen LogP contribution in [0.4, 0.5) is 0 Å². The fourth-order valence-electron chi connectivity index (χ4n) is 1.81. The van der Waals surface area contributed by atoms with Crippen LogP contribution in [-0.2, 0) is 11.2 Å². The number of rotatable bonds is 4. The van der Waals surface area contributed by atoms with Crippen molar-refractivity contribution in [3.63, 3.8) is 0 Å². The first-order chi connectivity index (χ1) is 9.02. The monoisotopic (exact) mass is 261 g/mol. The maximum absolute atomic E-state index is 12.0. The van der Waals surface area contributed by atoms with Crippen LogP contribution in [0.25, 0.3) is 11.0 Å². The summed E-state index contributed by atoms with van der Waals surface area (Å²) in [5.41, 5.74) is 2.07. The van der Waals surface area contributed by atoms with E-state index in [0.29, 0.717) is 16.5 Å². The molecule has 0 fully saturated rings. The molecule has 1 heterocycles. The van der Waals surface area contributed by atoms with E-state index in [-0.39, 0.29) is 0 Å². The highest BCUT2D eigenvalue weighted by Crippen LogP contribution is 2.22. The number of fused-ring (bicyclic) bond motifs is 1. The fraction of sp³-hybridized carbons (Fsp3) is 0.286. The molecule has 5 nitrogen and oxygen atoms in total. The van der Waals surface area contributed by atoms with Crippen molar-refractivity contribution in [2.45, 2.75) is 26.3 Å². The molecule has 19 heavy (non-hydrogen) atoms. The van der Waals surface area contributed by atoms with Crippen LogP contribution in [0.1, 0.15) is 29.8 Å². The standard InChI is InChI=1S/C14H15NO4/c1-3-9-4-5-12-10(6-9)11(7-19-12)13(16)15-8(2)14(17)18/h4-8H,3H2,1-2H3,(H,15,16)(H,17,18). The fourth-order valence-corrected chi connectivity index (χ4v) is 1.81. The van der Waals surface area contributed by atoms with E-state index in [9.17, 15) is 9.59 Å². The van der Waals surface area contributed by atoms with Gasteiger partial charge in [-0.2, -0.15) is 0 Å². The number of aliphatic carboxylic acids is 1. The van der Waals surface area contributed by atoms with Crippen LogP contribution in [0.15, 0.2) is 28.9 Å². The molecule has 0 saturated heterocycles. The summed E-state index contributed by atoms with van der Waals surface area (Å²) in [6.07, 6.45) is 2.21. The summed E-state index contributed by atoms with van der Waals surface area (Å²) in [5.74, 6) is -1.52. The predicted octanol–water partition coefficient (Wildman–Crippen LogP) is 2.20. The van der Waals surface area contributed by atoms with E-state index in [4.69, 9.17) is 9.52 Å². The van der Waals surface area contributed by atoms with Gasteiger partial charge in [0.2, 0.25) is 0 Å². The lowest BCUT2D eigenvalue weighted by Gasteiger charge is -2.08. The molecule has 1 aromatic carbocycles. The molecule has 0 bridgehead atoms. The second-order valence-corrected chi connectivity index (χ2v) is 4.37. The Morgan fingerprint density at radius 2 is 2.16 bits per heavy atom. The molecule has 2 aromatic rings. The molecule has 0 aliphatic heterocycles. The number of carboxylic acid groups (broad SMARTS) is 1. The maximum Gasteiger partial charge on any atom is 0.325 e. The van der Waals surface area contributed by atoms with E-state index in [0.717, 1.165) is 12.0 Å². The SMILES string of the molecule is CCc1ccc2occ(C(=O)NC(C)C(=O)O)c2c1. The Hall–Kier alpha value is -2.30. The Morgan fingerprint density at radius 1 is 1.42 bits per heavy atom. The van der Waals surface area contributed by atoms with Gasteiger partial charge < -0.3 is 14.8 Å². The van der Waals surface area contributed by atoms with Gasteiger partial charge in [0, 0.05) is 5.39 Å². The Labute approximate surface area is 110 Å². The first-order valence-corrected chi connectivity index (χ1v) is 6.06. The zero-order valence-corrected chi connectivity index (χ0v) is 10.8. The lowest BCUT2D eigenvalue weighted by atomic mass is 10.1. The number of furan rings is 1. The average molecular weight is 261 g/mol. The lowest BCUT2D eigenvalue weighted by Crippen LogP contribution is -2.38. The summed E-state index contributed by atoms with van der Waals surface area (Å²) < 4.78 is 5.30. The van der Waals surface area contributed by atoms with E-state index >= 15 is 0 Å². The van der Waals surface area contributed by atoms with E-state index < -0.39 is 17.9 Å². The summed E-state index contributed by atoms with van der Waals surface area (Å²) in [5, 5.41) is 11.9. The van der Waals surface area contributed by atoms with Crippen LogP contribution in [0, 0.1) is 0 Å².